The summed E-state index contributed by atoms with van der Waals surface area (Å²) in [5.41, 5.74) is 10.8. The third-order valence-corrected chi connectivity index (χ3v) is 4.85. The summed E-state index contributed by atoms with van der Waals surface area (Å²) in [5, 5.41) is 0. The number of primary amides is 1. The highest BCUT2D eigenvalue weighted by Gasteiger charge is 2.29. The molecular formula is C12H18FN3O3S. The molecule has 112 valence electrons. The van der Waals surface area contributed by atoms with Gasteiger partial charge in [0.25, 0.3) is 0 Å². The van der Waals surface area contributed by atoms with Gasteiger partial charge in [0.2, 0.25) is 15.9 Å². The molecule has 0 aliphatic carbocycles. The zero-order chi connectivity index (χ0) is 15.7. The number of rotatable bonds is 5. The number of anilines is 1. The second kappa shape index (κ2) is 5.76. The minimum atomic E-state index is -4.04. The first kappa shape index (κ1) is 16.4. The Bertz CT molecular complexity index is 606. The van der Waals surface area contributed by atoms with Gasteiger partial charge in [-0.15, -0.1) is 0 Å². The van der Waals surface area contributed by atoms with E-state index in [1.807, 2.05) is 0 Å². The topological polar surface area (TPSA) is 106 Å². The van der Waals surface area contributed by atoms with Crippen molar-refractivity contribution in [3.63, 3.8) is 0 Å². The van der Waals surface area contributed by atoms with E-state index in [0.717, 1.165) is 10.4 Å². The average Bonchev–Trinajstić information content (AvgIpc) is 2.31. The fraction of sp³-hybridized carbons (Fsp3) is 0.417. The van der Waals surface area contributed by atoms with Crippen LogP contribution in [0.3, 0.4) is 0 Å². The summed E-state index contributed by atoms with van der Waals surface area (Å²) < 4.78 is 39.4. The molecule has 4 N–H and O–H groups in total. The van der Waals surface area contributed by atoms with Crippen LogP contribution in [0.15, 0.2) is 17.0 Å². The van der Waals surface area contributed by atoms with E-state index in [9.17, 15) is 17.6 Å². The first-order valence-electron chi connectivity index (χ1n) is 5.93. The van der Waals surface area contributed by atoms with Gasteiger partial charge in [-0.05, 0) is 32.9 Å². The molecular weight excluding hydrogens is 285 g/mol. The van der Waals surface area contributed by atoms with Gasteiger partial charge in [-0.25, -0.2) is 12.8 Å². The molecule has 1 rings (SSSR count). The van der Waals surface area contributed by atoms with Gasteiger partial charge in [-0.3, -0.25) is 4.79 Å². The van der Waals surface area contributed by atoms with Crippen molar-refractivity contribution in [2.45, 2.75) is 31.7 Å². The molecule has 0 spiro atoms. The maximum atomic E-state index is 13.6. The molecule has 0 unspecified atom stereocenters. The molecule has 0 saturated heterocycles. The summed E-state index contributed by atoms with van der Waals surface area (Å²) in [7, 11) is -4.04. The van der Waals surface area contributed by atoms with Crippen molar-refractivity contribution in [3.05, 3.63) is 23.5 Å². The largest absolute Gasteiger partial charge is 0.398 e. The van der Waals surface area contributed by atoms with Crippen LogP contribution in [0.25, 0.3) is 0 Å². The number of nitrogens with two attached hydrogens (primary N) is 2. The fourth-order valence-electron chi connectivity index (χ4n) is 1.66. The van der Waals surface area contributed by atoms with Crippen LogP contribution in [0, 0.1) is 12.7 Å². The van der Waals surface area contributed by atoms with Crippen LogP contribution >= 0.6 is 0 Å². The standard InChI is InChI=1S/C12H18FN3O3S/c1-7(2)16(6-12(15)17)20(18,19)9-4-10(13)8(3)11(14)5-9/h4-5,7H,6,14H2,1-3H3,(H2,15,17). The van der Waals surface area contributed by atoms with E-state index < -0.39 is 34.3 Å². The lowest BCUT2D eigenvalue weighted by molar-refractivity contribution is -0.118. The van der Waals surface area contributed by atoms with Crippen LogP contribution in [-0.2, 0) is 14.8 Å². The van der Waals surface area contributed by atoms with E-state index in [1.165, 1.54) is 13.0 Å². The average molecular weight is 303 g/mol. The lowest BCUT2D eigenvalue weighted by Gasteiger charge is -2.24. The van der Waals surface area contributed by atoms with Gasteiger partial charge in [0, 0.05) is 17.3 Å². The molecule has 0 aliphatic heterocycles. The Balaban J connectivity index is 3.37. The molecule has 0 aliphatic rings. The number of nitrogen functional groups attached to an aromatic ring is 1. The van der Waals surface area contributed by atoms with Gasteiger partial charge in [0.15, 0.2) is 0 Å². The maximum absolute atomic E-state index is 13.6. The van der Waals surface area contributed by atoms with E-state index >= 15 is 0 Å². The highest BCUT2D eigenvalue weighted by Crippen LogP contribution is 2.24. The zero-order valence-corrected chi connectivity index (χ0v) is 12.4. The van der Waals surface area contributed by atoms with Crippen molar-refractivity contribution in [2.75, 3.05) is 12.3 Å². The maximum Gasteiger partial charge on any atom is 0.243 e. The number of carbonyl (C=O) groups excluding carboxylic acids is 1. The Hall–Kier alpha value is -1.67. The molecule has 1 aromatic rings. The Labute approximate surface area is 117 Å². The van der Waals surface area contributed by atoms with E-state index in [1.54, 1.807) is 13.8 Å². The van der Waals surface area contributed by atoms with Crippen LogP contribution in [0.1, 0.15) is 19.4 Å². The second-order valence-electron chi connectivity index (χ2n) is 4.73. The number of sulfonamides is 1. The number of amides is 1. The molecule has 8 heteroatoms. The third-order valence-electron chi connectivity index (χ3n) is 2.85. The number of carbonyl (C=O) groups is 1. The quantitative estimate of drug-likeness (QED) is 0.777. The lowest BCUT2D eigenvalue weighted by Crippen LogP contribution is -2.42. The van der Waals surface area contributed by atoms with Crippen LogP contribution in [0.2, 0.25) is 0 Å². The van der Waals surface area contributed by atoms with Crippen molar-refractivity contribution in [1.82, 2.24) is 4.31 Å². The highest BCUT2D eigenvalue weighted by molar-refractivity contribution is 7.89. The minimum absolute atomic E-state index is 0.0337. The number of hydrogen-bond donors (Lipinski definition) is 2. The monoisotopic (exact) mass is 303 g/mol. The van der Waals surface area contributed by atoms with Crippen molar-refractivity contribution in [1.29, 1.82) is 0 Å². The van der Waals surface area contributed by atoms with E-state index in [2.05, 4.69) is 0 Å². The molecule has 0 atom stereocenters. The van der Waals surface area contributed by atoms with Gasteiger partial charge in [-0.1, -0.05) is 0 Å². The van der Waals surface area contributed by atoms with Gasteiger partial charge in [0.05, 0.1) is 11.4 Å². The molecule has 20 heavy (non-hydrogen) atoms. The minimum Gasteiger partial charge on any atom is -0.398 e. The summed E-state index contributed by atoms with van der Waals surface area (Å²) >= 11 is 0. The lowest BCUT2D eigenvalue weighted by atomic mass is 10.2. The van der Waals surface area contributed by atoms with Crippen molar-refractivity contribution >= 4 is 21.6 Å². The third kappa shape index (κ3) is 3.26. The molecule has 0 heterocycles. The van der Waals surface area contributed by atoms with E-state index in [-0.39, 0.29) is 16.1 Å². The Morgan fingerprint density at radius 1 is 1.40 bits per heavy atom. The highest BCUT2D eigenvalue weighted by atomic mass is 32.2. The van der Waals surface area contributed by atoms with E-state index in [0.29, 0.717) is 0 Å². The summed E-state index contributed by atoms with van der Waals surface area (Å²) in [4.78, 5) is 10.7. The fourth-order valence-corrected chi connectivity index (χ4v) is 3.31. The number of nitrogens with zero attached hydrogens (tertiary/aromatic N) is 1. The first-order valence-corrected chi connectivity index (χ1v) is 7.37. The van der Waals surface area contributed by atoms with Crippen LogP contribution < -0.4 is 11.5 Å². The van der Waals surface area contributed by atoms with Gasteiger partial charge in [-0.2, -0.15) is 4.31 Å². The smallest absolute Gasteiger partial charge is 0.243 e. The predicted molar refractivity (Wildman–Crippen MR) is 73.8 cm³/mol. The molecule has 1 amide bonds. The van der Waals surface area contributed by atoms with Crippen LogP contribution in [0.4, 0.5) is 10.1 Å². The molecule has 0 fully saturated rings. The SMILES string of the molecule is Cc1c(N)cc(S(=O)(=O)N(CC(N)=O)C(C)C)cc1F. The molecule has 6 nitrogen and oxygen atoms in total. The predicted octanol–water partition coefficient (Wildman–Crippen LogP) is 0.601. The number of benzene rings is 1. The zero-order valence-electron chi connectivity index (χ0n) is 11.6. The Morgan fingerprint density at radius 3 is 2.35 bits per heavy atom. The molecule has 0 bridgehead atoms. The molecule has 0 saturated carbocycles. The van der Waals surface area contributed by atoms with Gasteiger partial charge < -0.3 is 11.5 Å². The normalized spacial score (nSPS) is 12.1. The summed E-state index contributed by atoms with van der Waals surface area (Å²) in [6.07, 6.45) is 0. The Kier molecular flexibility index (Phi) is 4.72. The van der Waals surface area contributed by atoms with Crippen LogP contribution in [0.5, 0.6) is 0 Å². The summed E-state index contributed by atoms with van der Waals surface area (Å²) in [6, 6.07) is 1.56. The number of hydrogen-bond acceptors (Lipinski definition) is 4. The Morgan fingerprint density at radius 2 is 1.95 bits per heavy atom. The summed E-state index contributed by atoms with van der Waals surface area (Å²) in [5.74, 6) is -1.51. The van der Waals surface area contributed by atoms with Crippen molar-refractivity contribution < 1.29 is 17.6 Å². The van der Waals surface area contributed by atoms with Gasteiger partial charge >= 0.3 is 0 Å². The molecule has 0 radical (unpaired) electrons. The molecule has 0 aromatic heterocycles. The number of halogens is 1. The van der Waals surface area contributed by atoms with Crippen molar-refractivity contribution in [2.24, 2.45) is 5.73 Å². The molecule has 1 aromatic carbocycles. The van der Waals surface area contributed by atoms with Crippen LogP contribution in [-0.4, -0.2) is 31.2 Å². The second-order valence-corrected chi connectivity index (χ2v) is 6.62. The van der Waals surface area contributed by atoms with E-state index in [4.69, 9.17) is 11.5 Å². The van der Waals surface area contributed by atoms with Gasteiger partial charge in [0.1, 0.15) is 5.82 Å². The first-order chi connectivity index (χ1) is 9.07. The summed E-state index contributed by atoms with van der Waals surface area (Å²) in [6.45, 7) is 4.16. The van der Waals surface area contributed by atoms with Crippen molar-refractivity contribution in [3.8, 4) is 0 Å².